The van der Waals surface area contributed by atoms with Crippen molar-refractivity contribution in [3.05, 3.63) is 45.5 Å². The van der Waals surface area contributed by atoms with Gasteiger partial charge in [-0.25, -0.2) is 9.97 Å². The smallest absolute Gasteiger partial charge is 0.224 e. The summed E-state index contributed by atoms with van der Waals surface area (Å²) >= 11 is 19.6. The van der Waals surface area contributed by atoms with Crippen LogP contribution in [-0.4, -0.2) is 51.6 Å². The van der Waals surface area contributed by atoms with Gasteiger partial charge in [0.25, 0.3) is 0 Å². The molecule has 172 valence electrons. The van der Waals surface area contributed by atoms with E-state index in [0.29, 0.717) is 38.4 Å². The van der Waals surface area contributed by atoms with E-state index in [1.54, 1.807) is 26.5 Å². The standard InChI is InChI=1S/C23H22Cl3N5O2/c1-32-16-9-17(33-2)20(25)18(19(16)24)15-8-13-10-27-23(26)29-21(13)31-12-14(28-22(15)31)11-30-6-4-3-5-7-30/h8-10,12H,3-7,11H2,1-2H3. The molecule has 7 nitrogen and oxygen atoms in total. The molecule has 5 rings (SSSR count). The number of halogens is 3. The Hall–Kier alpha value is -2.32. The van der Waals surface area contributed by atoms with Crippen LogP contribution < -0.4 is 9.47 Å². The second-order valence-electron chi connectivity index (χ2n) is 8.02. The Balaban J connectivity index is 1.77. The maximum Gasteiger partial charge on any atom is 0.224 e. The number of pyridine rings is 1. The van der Waals surface area contributed by atoms with E-state index in [1.807, 2.05) is 16.7 Å². The summed E-state index contributed by atoms with van der Waals surface area (Å²) in [5, 5.41) is 1.69. The largest absolute Gasteiger partial charge is 0.495 e. The van der Waals surface area contributed by atoms with Gasteiger partial charge < -0.3 is 9.47 Å². The predicted octanol–water partition coefficient (Wildman–Crippen LogP) is 5.91. The summed E-state index contributed by atoms with van der Waals surface area (Å²) in [5.74, 6) is 0.914. The van der Waals surface area contributed by atoms with Crippen LogP contribution in [0.1, 0.15) is 25.0 Å². The van der Waals surface area contributed by atoms with Gasteiger partial charge in [0.2, 0.25) is 5.28 Å². The molecule has 0 unspecified atom stereocenters. The van der Waals surface area contributed by atoms with Crippen molar-refractivity contribution in [1.82, 2.24) is 24.3 Å². The van der Waals surface area contributed by atoms with Crippen molar-refractivity contribution in [2.45, 2.75) is 25.8 Å². The molecule has 10 heteroatoms. The van der Waals surface area contributed by atoms with E-state index in [1.165, 1.54) is 19.3 Å². The number of aromatic nitrogens is 4. The lowest BCUT2D eigenvalue weighted by Gasteiger charge is -2.25. The summed E-state index contributed by atoms with van der Waals surface area (Å²) in [4.78, 5) is 16.0. The van der Waals surface area contributed by atoms with Gasteiger partial charge in [-0.05, 0) is 43.6 Å². The highest BCUT2D eigenvalue weighted by Gasteiger charge is 2.23. The molecule has 1 saturated heterocycles. The van der Waals surface area contributed by atoms with Crippen molar-refractivity contribution in [3.8, 4) is 22.6 Å². The first-order chi connectivity index (χ1) is 16.0. The molecule has 0 N–H and O–H groups in total. The molecule has 0 spiro atoms. The van der Waals surface area contributed by atoms with E-state index in [2.05, 4.69) is 14.9 Å². The first-order valence-electron chi connectivity index (χ1n) is 10.7. The first-order valence-corrected chi connectivity index (χ1v) is 11.8. The minimum absolute atomic E-state index is 0.168. The summed E-state index contributed by atoms with van der Waals surface area (Å²) in [6.07, 6.45) is 7.37. The number of hydrogen-bond acceptors (Lipinski definition) is 6. The molecule has 0 amide bonds. The number of nitrogens with zero attached hydrogens (tertiary/aromatic N) is 5. The van der Waals surface area contributed by atoms with E-state index in [9.17, 15) is 0 Å². The monoisotopic (exact) mass is 505 g/mol. The van der Waals surface area contributed by atoms with Gasteiger partial charge in [0.1, 0.15) is 17.1 Å². The minimum atomic E-state index is 0.168. The average molecular weight is 507 g/mol. The van der Waals surface area contributed by atoms with Gasteiger partial charge in [-0.3, -0.25) is 9.30 Å². The van der Waals surface area contributed by atoms with Crippen LogP contribution in [0, 0.1) is 0 Å². The molecule has 4 heterocycles. The Morgan fingerprint density at radius 3 is 2.27 bits per heavy atom. The number of hydrogen-bond donors (Lipinski definition) is 0. The number of rotatable bonds is 5. The molecular weight excluding hydrogens is 485 g/mol. The molecule has 1 aromatic carbocycles. The zero-order valence-electron chi connectivity index (χ0n) is 18.2. The molecule has 3 aromatic heterocycles. The number of piperidine rings is 1. The summed E-state index contributed by atoms with van der Waals surface area (Å²) in [6, 6.07) is 3.59. The van der Waals surface area contributed by atoms with E-state index in [0.717, 1.165) is 36.3 Å². The third-order valence-corrected chi connectivity index (χ3v) is 6.90. The van der Waals surface area contributed by atoms with E-state index in [-0.39, 0.29) is 5.28 Å². The summed E-state index contributed by atoms with van der Waals surface area (Å²) in [6.45, 7) is 2.89. The van der Waals surface area contributed by atoms with Crippen molar-refractivity contribution in [1.29, 1.82) is 0 Å². The Morgan fingerprint density at radius 1 is 0.909 bits per heavy atom. The number of ether oxygens (including phenoxy) is 2. The zero-order valence-corrected chi connectivity index (χ0v) is 20.5. The van der Waals surface area contributed by atoms with Crippen molar-refractivity contribution in [3.63, 3.8) is 0 Å². The number of fused-ring (bicyclic) bond motifs is 3. The van der Waals surface area contributed by atoms with E-state index >= 15 is 0 Å². The SMILES string of the molecule is COc1cc(OC)c(Cl)c(-c2cc3cnc(Cl)nc3n3cc(CN4CCCCC4)nc23)c1Cl. The molecule has 0 atom stereocenters. The van der Waals surface area contributed by atoms with Crippen LogP contribution >= 0.6 is 34.8 Å². The van der Waals surface area contributed by atoms with Gasteiger partial charge in [-0.2, -0.15) is 4.98 Å². The van der Waals surface area contributed by atoms with Crippen molar-refractivity contribution >= 4 is 51.5 Å². The molecular formula is C23H22Cl3N5O2. The maximum atomic E-state index is 6.75. The molecule has 1 aliphatic heterocycles. The zero-order chi connectivity index (χ0) is 23.1. The topological polar surface area (TPSA) is 64.8 Å². The Morgan fingerprint density at radius 2 is 1.61 bits per heavy atom. The quantitative estimate of drug-likeness (QED) is 0.314. The number of likely N-dealkylation sites (tertiary alicyclic amines) is 1. The molecule has 0 radical (unpaired) electrons. The lowest BCUT2D eigenvalue weighted by Crippen LogP contribution is -2.29. The van der Waals surface area contributed by atoms with Crippen LogP contribution in [-0.2, 0) is 6.54 Å². The maximum absolute atomic E-state index is 6.75. The Bertz CT molecular complexity index is 1320. The third kappa shape index (κ3) is 4.08. The van der Waals surface area contributed by atoms with E-state index < -0.39 is 0 Å². The highest BCUT2D eigenvalue weighted by molar-refractivity contribution is 6.41. The van der Waals surface area contributed by atoms with Crippen LogP contribution in [0.15, 0.2) is 24.5 Å². The Kier molecular flexibility index (Phi) is 6.22. The minimum Gasteiger partial charge on any atom is -0.495 e. The summed E-state index contributed by atoms with van der Waals surface area (Å²) in [5.41, 5.74) is 3.57. The predicted molar refractivity (Wildman–Crippen MR) is 131 cm³/mol. The number of imidazole rings is 1. The number of methoxy groups -OCH3 is 2. The molecule has 0 bridgehead atoms. The van der Waals surface area contributed by atoms with Crippen LogP contribution in [0.5, 0.6) is 11.5 Å². The van der Waals surface area contributed by atoms with Gasteiger partial charge >= 0.3 is 0 Å². The summed E-state index contributed by atoms with van der Waals surface area (Å²) in [7, 11) is 3.10. The molecule has 0 aliphatic carbocycles. The van der Waals surface area contributed by atoms with E-state index in [4.69, 9.17) is 49.3 Å². The third-order valence-electron chi connectivity index (χ3n) is 5.97. The summed E-state index contributed by atoms with van der Waals surface area (Å²) < 4.78 is 12.9. The highest BCUT2D eigenvalue weighted by atomic mass is 35.5. The van der Waals surface area contributed by atoms with Crippen LogP contribution in [0.3, 0.4) is 0 Å². The highest BCUT2D eigenvalue weighted by Crippen LogP contribution is 2.47. The fourth-order valence-corrected chi connectivity index (χ4v) is 5.22. The van der Waals surface area contributed by atoms with Crippen molar-refractivity contribution in [2.75, 3.05) is 27.3 Å². The second kappa shape index (κ2) is 9.14. The van der Waals surface area contributed by atoms with Crippen LogP contribution in [0.4, 0.5) is 0 Å². The fourth-order valence-electron chi connectivity index (χ4n) is 4.39. The molecule has 33 heavy (non-hydrogen) atoms. The van der Waals surface area contributed by atoms with Crippen molar-refractivity contribution in [2.24, 2.45) is 0 Å². The lowest BCUT2D eigenvalue weighted by molar-refractivity contribution is 0.219. The van der Waals surface area contributed by atoms with Gasteiger partial charge in [0.15, 0.2) is 5.65 Å². The lowest BCUT2D eigenvalue weighted by atomic mass is 10.0. The molecule has 1 aliphatic rings. The second-order valence-corrected chi connectivity index (χ2v) is 9.12. The van der Waals surface area contributed by atoms with Crippen LogP contribution in [0.25, 0.3) is 27.8 Å². The van der Waals surface area contributed by atoms with Gasteiger partial charge in [0, 0.05) is 41.5 Å². The number of benzene rings is 1. The first kappa shape index (κ1) is 22.5. The van der Waals surface area contributed by atoms with Crippen LogP contribution in [0.2, 0.25) is 15.3 Å². The Labute approximate surface area is 206 Å². The molecule has 0 saturated carbocycles. The average Bonchev–Trinajstić information content (AvgIpc) is 3.24. The fraction of sp³-hybridized carbons (Fsp3) is 0.348. The normalized spacial score (nSPS) is 14.8. The molecule has 4 aromatic rings. The van der Waals surface area contributed by atoms with Gasteiger partial charge in [0.05, 0.1) is 30.0 Å². The van der Waals surface area contributed by atoms with Gasteiger partial charge in [-0.1, -0.05) is 29.6 Å². The van der Waals surface area contributed by atoms with Gasteiger partial charge in [-0.15, -0.1) is 0 Å². The molecule has 1 fully saturated rings. The van der Waals surface area contributed by atoms with Crippen molar-refractivity contribution < 1.29 is 9.47 Å².